The van der Waals surface area contributed by atoms with Crippen LogP contribution in [0.2, 0.25) is 0 Å². The maximum absolute atomic E-state index is 13.2. The maximum Gasteiger partial charge on any atom is 0.228 e. The van der Waals surface area contributed by atoms with Gasteiger partial charge < -0.3 is 14.8 Å². The lowest BCUT2D eigenvalue weighted by Crippen LogP contribution is -2.22. The fourth-order valence-electron chi connectivity index (χ4n) is 3.98. The molecule has 3 aromatic rings. The molecule has 4 rings (SSSR count). The maximum atomic E-state index is 13.2. The molecule has 1 saturated carbocycles. The highest BCUT2D eigenvalue weighted by molar-refractivity contribution is 5.98. The Morgan fingerprint density at radius 1 is 0.893 bits per heavy atom. The fraction of sp³-hybridized carbons (Fsp3) is 0.208. The summed E-state index contributed by atoms with van der Waals surface area (Å²) in [7, 11) is 3.19. The largest absolute Gasteiger partial charge is 0.497 e. The van der Waals surface area contributed by atoms with Crippen molar-refractivity contribution in [2.45, 2.75) is 11.8 Å². The standard InChI is InChI=1S/C24H23NO3/c1-27-19-13-14-21(22(15-19)28-2)25-23(26)20-16-24(20,17-9-5-3-6-10-17)18-11-7-4-8-12-18/h3-15,20H,16H2,1-2H3,(H,25,26)/t20-/m1/s1. The van der Waals surface area contributed by atoms with Crippen molar-refractivity contribution in [1.82, 2.24) is 0 Å². The Bertz CT molecular complexity index is 930. The van der Waals surface area contributed by atoms with E-state index in [0.717, 1.165) is 6.42 Å². The fourth-order valence-corrected chi connectivity index (χ4v) is 3.98. The molecule has 0 aromatic heterocycles. The monoisotopic (exact) mass is 373 g/mol. The van der Waals surface area contributed by atoms with Crippen molar-refractivity contribution in [1.29, 1.82) is 0 Å². The zero-order valence-corrected chi connectivity index (χ0v) is 16.0. The van der Waals surface area contributed by atoms with Gasteiger partial charge in [0.25, 0.3) is 0 Å². The van der Waals surface area contributed by atoms with Gasteiger partial charge in [0.05, 0.1) is 25.8 Å². The number of carbonyl (C=O) groups is 1. The van der Waals surface area contributed by atoms with Crippen LogP contribution in [0.4, 0.5) is 5.69 Å². The molecule has 0 bridgehead atoms. The smallest absolute Gasteiger partial charge is 0.228 e. The van der Waals surface area contributed by atoms with Crippen LogP contribution in [0.1, 0.15) is 17.5 Å². The van der Waals surface area contributed by atoms with E-state index in [1.807, 2.05) is 48.5 Å². The second-order valence-electron chi connectivity index (χ2n) is 7.02. The van der Waals surface area contributed by atoms with Gasteiger partial charge in [0.1, 0.15) is 11.5 Å². The molecule has 1 fully saturated rings. The highest BCUT2D eigenvalue weighted by Gasteiger charge is 2.60. The third-order valence-electron chi connectivity index (χ3n) is 5.52. The SMILES string of the molecule is COc1ccc(NC(=O)[C@H]2CC2(c2ccccc2)c2ccccc2)c(OC)c1. The van der Waals surface area contributed by atoms with Crippen LogP contribution in [0.5, 0.6) is 11.5 Å². The van der Waals surface area contributed by atoms with Crippen molar-refractivity contribution in [3.63, 3.8) is 0 Å². The van der Waals surface area contributed by atoms with Crippen molar-refractivity contribution in [3.05, 3.63) is 90.0 Å². The second-order valence-corrected chi connectivity index (χ2v) is 7.02. The van der Waals surface area contributed by atoms with Crippen LogP contribution < -0.4 is 14.8 Å². The first kappa shape index (κ1) is 18.1. The number of ether oxygens (including phenoxy) is 2. The Morgan fingerprint density at radius 3 is 2.04 bits per heavy atom. The van der Waals surface area contributed by atoms with Gasteiger partial charge in [-0.3, -0.25) is 4.79 Å². The van der Waals surface area contributed by atoms with Gasteiger partial charge in [0.15, 0.2) is 0 Å². The summed E-state index contributed by atoms with van der Waals surface area (Å²) in [5.41, 5.74) is 2.70. The number of anilines is 1. The van der Waals surface area contributed by atoms with E-state index in [-0.39, 0.29) is 17.2 Å². The molecule has 0 spiro atoms. The number of nitrogens with one attached hydrogen (secondary N) is 1. The van der Waals surface area contributed by atoms with E-state index < -0.39 is 0 Å². The number of amides is 1. The molecule has 0 radical (unpaired) electrons. The van der Waals surface area contributed by atoms with Crippen molar-refractivity contribution in [2.24, 2.45) is 5.92 Å². The lowest BCUT2D eigenvalue weighted by atomic mass is 9.85. The Morgan fingerprint density at radius 2 is 1.50 bits per heavy atom. The highest BCUT2D eigenvalue weighted by Crippen LogP contribution is 2.59. The number of hydrogen-bond donors (Lipinski definition) is 1. The molecule has 1 atom stereocenters. The van der Waals surface area contributed by atoms with E-state index >= 15 is 0 Å². The minimum atomic E-state index is -0.285. The van der Waals surface area contributed by atoms with E-state index in [4.69, 9.17) is 9.47 Å². The van der Waals surface area contributed by atoms with Crippen LogP contribution in [0.25, 0.3) is 0 Å². The van der Waals surface area contributed by atoms with Crippen LogP contribution in [0.15, 0.2) is 78.9 Å². The van der Waals surface area contributed by atoms with Crippen LogP contribution in [-0.4, -0.2) is 20.1 Å². The molecular weight excluding hydrogens is 350 g/mol. The molecule has 4 heteroatoms. The molecule has 0 saturated heterocycles. The normalized spacial score (nSPS) is 16.9. The van der Waals surface area contributed by atoms with Crippen LogP contribution in [0.3, 0.4) is 0 Å². The van der Waals surface area contributed by atoms with Gasteiger partial charge in [-0.2, -0.15) is 0 Å². The van der Waals surface area contributed by atoms with Gasteiger partial charge in [-0.15, -0.1) is 0 Å². The quantitative estimate of drug-likeness (QED) is 0.684. The summed E-state index contributed by atoms with van der Waals surface area (Å²) in [6.45, 7) is 0. The van der Waals surface area contributed by atoms with Crippen molar-refractivity contribution in [2.75, 3.05) is 19.5 Å². The van der Waals surface area contributed by atoms with E-state index in [2.05, 4.69) is 29.6 Å². The Labute approximate surface area is 165 Å². The van der Waals surface area contributed by atoms with Crippen molar-refractivity contribution >= 4 is 11.6 Å². The van der Waals surface area contributed by atoms with E-state index in [1.165, 1.54) is 11.1 Å². The van der Waals surface area contributed by atoms with Crippen molar-refractivity contribution in [3.8, 4) is 11.5 Å². The molecule has 3 aromatic carbocycles. The van der Waals surface area contributed by atoms with Gasteiger partial charge in [-0.1, -0.05) is 60.7 Å². The topological polar surface area (TPSA) is 47.6 Å². The minimum absolute atomic E-state index is 0.00354. The van der Waals surface area contributed by atoms with E-state index in [1.54, 1.807) is 20.3 Å². The summed E-state index contributed by atoms with van der Waals surface area (Å²) >= 11 is 0. The first-order valence-corrected chi connectivity index (χ1v) is 9.33. The lowest BCUT2D eigenvalue weighted by Gasteiger charge is -2.19. The van der Waals surface area contributed by atoms with Gasteiger partial charge in [0.2, 0.25) is 5.91 Å². The number of benzene rings is 3. The van der Waals surface area contributed by atoms with Crippen LogP contribution in [-0.2, 0) is 10.2 Å². The Kier molecular flexibility index (Phi) is 4.78. The predicted octanol–water partition coefficient (Wildman–Crippen LogP) is 4.65. The van der Waals surface area contributed by atoms with Crippen molar-refractivity contribution < 1.29 is 14.3 Å². The molecule has 1 amide bonds. The summed E-state index contributed by atoms with van der Waals surface area (Å²) in [5, 5.41) is 3.05. The third kappa shape index (κ3) is 3.11. The Balaban J connectivity index is 1.64. The zero-order chi connectivity index (χ0) is 19.6. The summed E-state index contributed by atoms with van der Waals surface area (Å²) in [6.07, 6.45) is 0.783. The third-order valence-corrected chi connectivity index (χ3v) is 5.52. The molecule has 1 aliphatic carbocycles. The molecule has 0 unspecified atom stereocenters. The van der Waals surface area contributed by atoms with Crippen LogP contribution >= 0.6 is 0 Å². The van der Waals surface area contributed by atoms with Gasteiger partial charge in [-0.05, 0) is 29.7 Å². The molecular formula is C24H23NO3. The Hall–Kier alpha value is -3.27. The molecule has 142 valence electrons. The summed E-state index contributed by atoms with van der Waals surface area (Å²) in [6, 6.07) is 25.9. The van der Waals surface area contributed by atoms with E-state index in [0.29, 0.717) is 17.2 Å². The van der Waals surface area contributed by atoms with E-state index in [9.17, 15) is 4.79 Å². The lowest BCUT2D eigenvalue weighted by molar-refractivity contribution is -0.117. The van der Waals surface area contributed by atoms with Gasteiger partial charge in [0, 0.05) is 11.5 Å². The molecule has 0 heterocycles. The molecule has 4 nitrogen and oxygen atoms in total. The molecule has 1 aliphatic rings. The number of methoxy groups -OCH3 is 2. The first-order valence-electron chi connectivity index (χ1n) is 9.33. The average molecular weight is 373 g/mol. The molecule has 0 aliphatic heterocycles. The number of hydrogen-bond acceptors (Lipinski definition) is 3. The average Bonchev–Trinajstić information content (AvgIpc) is 3.52. The highest BCUT2D eigenvalue weighted by atomic mass is 16.5. The predicted molar refractivity (Wildman–Crippen MR) is 110 cm³/mol. The van der Waals surface area contributed by atoms with Gasteiger partial charge in [-0.25, -0.2) is 0 Å². The van der Waals surface area contributed by atoms with Gasteiger partial charge >= 0.3 is 0 Å². The molecule has 28 heavy (non-hydrogen) atoms. The first-order chi connectivity index (χ1) is 13.7. The molecule has 1 N–H and O–H groups in total. The minimum Gasteiger partial charge on any atom is -0.497 e. The van der Waals surface area contributed by atoms with Crippen LogP contribution in [0, 0.1) is 5.92 Å². The zero-order valence-electron chi connectivity index (χ0n) is 16.0. The summed E-state index contributed by atoms with van der Waals surface area (Å²) < 4.78 is 10.6. The number of rotatable bonds is 6. The summed E-state index contributed by atoms with van der Waals surface area (Å²) in [4.78, 5) is 13.2. The summed E-state index contributed by atoms with van der Waals surface area (Å²) in [5.74, 6) is 1.13. The number of carbonyl (C=O) groups excluding carboxylic acids is 1. The second kappa shape index (κ2) is 7.39.